The first-order valence-electron chi connectivity index (χ1n) is 12.2. The molecule has 1 fully saturated rings. The molecule has 2 amide bonds. The van der Waals surface area contributed by atoms with Gasteiger partial charge >= 0.3 is 0 Å². The summed E-state index contributed by atoms with van der Waals surface area (Å²) < 4.78 is 7.29. The molecule has 0 bridgehead atoms. The van der Waals surface area contributed by atoms with Crippen LogP contribution in [-0.2, 0) is 11.3 Å². The standard InChI is InChI=1S/C29H30N4O3/c1-31(18-21-17-30-33(19-21)23-10-4-3-5-11-23)28(34)22-9-8-16-32(20-22)29(35)26-14-15-27(36-2)25-13-7-6-12-24(25)26/h3-7,10-15,17,19,22H,8-9,16,18,20H2,1-2H3. The molecule has 1 aromatic heterocycles. The van der Waals surface area contributed by atoms with Crippen LogP contribution in [0.15, 0.2) is 79.1 Å². The van der Waals surface area contributed by atoms with Gasteiger partial charge in [-0.05, 0) is 42.5 Å². The number of rotatable bonds is 6. The monoisotopic (exact) mass is 482 g/mol. The van der Waals surface area contributed by atoms with Crippen molar-refractivity contribution < 1.29 is 14.3 Å². The summed E-state index contributed by atoms with van der Waals surface area (Å²) in [4.78, 5) is 30.4. The molecule has 3 aromatic carbocycles. The van der Waals surface area contributed by atoms with E-state index >= 15 is 0 Å². The normalized spacial score (nSPS) is 15.6. The van der Waals surface area contributed by atoms with E-state index in [-0.39, 0.29) is 17.7 Å². The summed E-state index contributed by atoms with van der Waals surface area (Å²) in [5.41, 5.74) is 2.58. The third-order valence-corrected chi connectivity index (χ3v) is 6.85. The fourth-order valence-corrected chi connectivity index (χ4v) is 5.00. The summed E-state index contributed by atoms with van der Waals surface area (Å²) >= 11 is 0. The second-order valence-electron chi connectivity index (χ2n) is 9.27. The van der Waals surface area contributed by atoms with Crippen LogP contribution in [0.3, 0.4) is 0 Å². The molecule has 1 atom stereocenters. The van der Waals surface area contributed by atoms with E-state index in [1.165, 1.54) is 0 Å². The molecule has 184 valence electrons. The molecule has 5 rings (SSSR count). The Kier molecular flexibility index (Phi) is 6.71. The van der Waals surface area contributed by atoms with E-state index in [9.17, 15) is 9.59 Å². The fourth-order valence-electron chi connectivity index (χ4n) is 5.00. The smallest absolute Gasteiger partial charge is 0.254 e. The van der Waals surface area contributed by atoms with Crippen molar-refractivity contribution in [2.45, 2.75) is 19.4 Å². The minimum atomic E-state index is -0.221. The minimum Gasteiger partial charge on any atom is -0.496 e. The van der Waals surface area contributed by atoms with Crippen molar-refractivity contribution in [1.29, 1.82) is 0 Å². The Morgan fingerprint density at radius 1 is 1.03 bits per heavy atom. The number of fused-ring (bicyclic) bond motifs is 1. The lowest BCUT2D eigenvalue weighted by atomic mass is 9.95. The van der Waals surface area contributed by atoms with Crippen LogP contribution in [0.2, 0.25) is 0 Å². The number of likely N-dealkylation sites (tertiary alicyclic amines) is 1. The van der Waals surface area contributed by atoms with Gasteiger partial charge in [-0.15, -0.1) is 0 Å². The number of methoxy groups -OCH3 is 1. The molecule has 1 unspecified atom stereocenters. The second kappa shape index (κ2) is 10.2. The van der Waals surface area contributed by atoms with Crippen molar-refractivity contribution in [1.82, 2.24) is 19.6 Å². The summed E-state index contributed by atoms with van der Waals surface area (Å²) in [6, 6.07) is 21.3. The van der Waals surface area contributed by atoms with Gasteiger partial charge in [0.1, 0.15) is 5.75 Å². The second-order valence-corrected chi connectivity index (χ2v) is 9.27. The molecular weight excluding hydrogens is 452 g/mol. The number of benzene rings is 3. The zero-order valence-electron chi connectivity index (χ0n) is 20.6. The van der Waals surface area contributed by atoms with E-state index in [0.717, 1.165) is 40.6 Å². The number of ether oxygens (including phenoxy) is 1. The van der Waals surface area contributed by atoms with Gasteiger partial charge < -0.3 is 14.5 Å². The predicted octanol–water partition coefficient (Wildman–Crippen LogP) is 4.54. The van der Waals surface area contributed by atoms with Gasteiger partial charge in [-0.3, -0.25) is 9.59 Å². The van der Waals surface area contributed by atoms with E-state index in [1.807, 2.05) is 89.6 Å². The molecule has 1 aliphatic rings. The van der Waals surface area contributed by atoms with Gasteiger partial charge in [-0.2, -0.15) is 5.10 Å². The van der Waals surface area contributed by atoms with Crippen molar-refractivity contribution in [2.75, 3.05) is 27.2 Å². The fraction of sp³-hybridized carbons (Fsp3) is 0.276. The zero-order chi connectivity index (χ0) is 25.1. The number of amides is 2. The molecule has 0 spiro atoms. The first-order valence-corrected chi connectivity index (χ1v) is 12.2. The molecule has 0 aliphatic carbocycles. The number of hydrogen-bond acceptors (Lipinski definition) is 4. The molecule has 36 heavy (non-hydrogen) atoms. The number of aromatic nitrogens is 2. The summed E-state index contributed by atoms with van der Waals surface area (Å²) in [5, 5.41) is 6.21. The largest absolute Gasteiger partial charge is 0.496 e. The number of carbonyl (C=O) groups excluding carboxylic acids is 2. The Hall–Kier alpha value is -4.13. The highest BCUT2D eigenvalue weighted by Crippen LogP contribution is 2.30. The molecule has 7 heteroatoms. The number of hydrogen-bond donors (Lipinski definition) is 0. The average molecular weight is 483 g/mol. The van der Waals surface area contributed by atoms with Crippen molar-refractivity contribution in [2.24, 2.45) is 5.92 Å². The van der Waals surface area contributed by atoms with Crippen LogP contribution in [0, 0.1) is 5.92 Å². The van der Waals surface area contributed by atoms with Gasteiger partial charge in [0, 0.05) is 49.4 Å². The molecule has 0 saturated carbocycles. The van der Waals surface area contributed by atoms with Crippen molar-refractivity contribution in [3.05, 3.63) is 90.3 Å². The van der Waals surface area contributed by atoms with Gasteiger partial charge in [-0.25, -0.2) is 4.68 Å². The third-order valence-electron chi connectivity index (χ3n) is 6.85. The Bertz CT molecular complexity index is 1380. The summed E-state index contributed by atoms with van der Waals surface area (Å²) in [6.45, 7) is 1.54. The van der Waals surface area contributed by atoms with Crippen LogP contribution >= 0.6 is 0 Å². The topological polar surface area (TPSA) is 67.7 Å². The molecule has 1 saturated heterocycles. The van der Waals surface area contributed by atoms with E-state index in [2.05, 4.69) is 5.10 Å². The summed E-state index contributed by atoms with van der Waals surface area (Å²) in [6.07, 6.45) is 5.32. The Labute approximate surface area is 210 Å². The van der Waals surface area contributed by atoms with Gasteiger partial charge in [0.2, 0.25) is 5.91 Å². The maximum Gasteiger partial charge on any atom is 0.254 e. The van der Waals surface area contributed by atoms with E-state index in [1.54, 1.807) is 18.2 Å². The van der Waals surface area contributed by atoms with Gasteiger partial charge in [-0.1, -0.05) is 42.5 Å². The third kappa shape index (κ3) is 4.69. The van der Waals surface area contributed by atoms with Crippen LogP contribution in [-0.4, -0.2) is 58.6 Å². The predicted molar refractivity (Wildman–Crippen MR) is 139 cm³/mol. The lowest BCUT2D eigenvalue weighted by molar-refractivity contribution is -0.136. The average Bonchev–Trinajstić information content (AvgIpc) is 3.40. The lowest BCUT2D eigenvalue weighted by Gasteiger charge is -2.34. The van der Waals surface area contributed by atoms with Crippen LogP contribution in [0.1, 0.15) is 28.8 Å². The van der Waals surface area contributed by atoms with Gasteiger partial charge in [0.15, 0.2) is 0 Å². The highest BCUT2D eigenvalue weighted by Gasteiger charge is 2.31. The Morgan fingerprint density at radius 3 is 2.56 bits per heavy atom. The summed E-state index contributed by atoms with van der Waals surface area (Å²) in [7, 11) is 3.45. The zero-order valence-corrected chi connectivity index (χ0v) is 20.6. The molecule has 2 heterocycles. The van der Waals surface area contributed by atoms with Crippen molar-refractivity contribution in [3.63, 3.8) is 0 Å². The Morgan fingerprint density at radius 2 is 1.78 bits per heavy atom. The Balaban J connectivity index is 1.27. The van der Waals surface area contributed by atoms with E-state index < -0.39 is 0 Å². The minimum absolute atomic E-state index is 0.0434. The maximum absolute atomic E-state index is 13.5. The first-order chi connectivity index (χ1) is 17.5. The number of nitrogens with zero attached hydrogens (tertiary/aromatic N) is 4. The highest BCUT2D eigenvalue weighted by atomic mass is 16.5. The van der Waals surface area contributed by atoms with E-state index in [4.69, 9.17) is 4.74 Å². The SMILES string of the molecule is COc1ccc(C(=O)N2CCCC(C(=O)N(C)Cc3cnn(-c4ccccc4)c3)C2)c2ccccc12. The van der Waals surface area contributed by atoms with Crippen LogP contribution in [0.5, 0.6) is 5.75 Å². The quantitative estimate of drug-likeness (QED) is 0.405. The van der Waals surface area contributed by atoms with Crippen LogP contribution in [0.25, 0.3) is 16.5 Å². The van der Waals surface area contributed by atoms with Crippen LogP contribution < -0.4 is 4.74 Å². The molecule has 0 N–H and O–H groups in total. The molecular formula is C29H30N4O3. The van der Waals surface area contributed by atoms with Gasteiger partial charge in [0.05, 0.1) is 24.9 Å². The number of carbonyl (C=O) groups is 2. The van der Waals surface area contributed by atoms with E-state index in [0.29, 0.717) is 25.2 Å². The first kappa shape index (κ1) is 23.6. The van der Waals surface area contributed by atoms with Crippen molar-refractivity contribution in [3.8, 4) is 11.4 Å². The maximum atomic E-state index is 13.5. The lowest BCUT2D eigenvalue weighted by Crippen LogP contribution is -2.45. The highest BCUT2D eigenvalue weighted by molar-refractivity contribution is 6.08. The molecule has 0 radical (unpaired) electrons. The number of para-hydroxylation sites is 1. The summed E-state index contributed by atoms with van der Waals surface area (Å²) in [5.74, 6) is 0.533. The van der Waals surface area contributed by atoms with Gasteiger partial charge in [0.25, 0.3) is 5.91 Å². The van der Waals surface area contributed by atoms with Crippen LogP contribution in [0.4, 0.5) is 0 Å². The number of piperidine rings is 1. The molecule has 1 aliphatic heterocycles. The molecule has 4 aromatic rings. The van der Waals surface area contributed by atoms with Crippen molar-refractivity contribution >= 4 is 22.6 Å². The molecule has 7 nitrogen and oxygen atoms in total.